The van der Waals surface area contributed by atoms with Gasteiger partial charge in [-0.3, -0.25) is 10.1 Å². The zero-order valence-corrected chi connectivity index (χ0v) is 9.70. The minimum atomic E-state index is -0.309. The average Bonchev–Trinajstić information content (AvgIpc) is 2.40. The molecule has 0 unspecified atom stereocenters. The quantitative estimate of drug-likeness (QED) is 0.468. The summed E-state index contributed by atoms with van der Waals surface area (Å²) in [6, 6.07) is 5.17. The summed E-state index contributed by atoms with van der Waals surface area (Å²) in [6.45, 7) is 0. The van der Waals surface area contributed by atoms with Gasteiger partial charge in [-0.25, -0.2) is 0 Å². The van der Waals surface area contributed by atoms with Gasteiger partial charge in [0, 0.05) is 17.7 Å². The van der Waals surface area contributed by atoms with E-state index in [-0.39, 0.29) is 29.1 Å². The van der Waals surface area contributed by atoms with Crippen molar-refractivity contribution in [1.29, 1.82) is 0 Å². The second-order valence-electron chi connectivity index (χ2n) is 3.95. The summed E-state index contributed by atoms with van der Waals surface area (Å²) >= 11 is 0. The predicted molar refractivity (Wildman–Crippen MR) is 64.8 cm³/mol. The molecule has 0 radical (unpaired) electrons. The van der Waals surface area contributed by atoms with Gasteiger partial charge in [0.05, 0.1) is 4.92 Å². The lowest BCUT2D eigenvalue weighted by molar-refractivity contribution is -0.385. The van der Waals surface area contributed by atoms with Crippen LogP contribution in [0.1, 0.15) is 36.4 Å². The molecule has 0 aliphatic heterocycles. The Labute approximate surface area is 100 Å². The van der Waals surface area contributed by atoms with Crippen LogP contribution in [0.2, 0.25) is 0 Å². The first kappa shape index (κ1) is 12.9. The first-order valence-electron chi connectivity index (χ1n) is 5.22. The SMILES string of the molecule is Cl.N[C@@H]1CCCCc2c1cccc2[N+](=O)[O-]. The van der Waals surface area contributed by atoms with Crippen LogP contribution in [0.5, 0.6) is 0 Å². The van der Waals surface area contributed by atoms with Crippen molar-refractivity contribution in [3.05, 3.63) is 39.4 Å². The fourth-order valence-electron chi connectivity index (χ4n) is 2.20. The molecule has 0 saturated heterocycles. The zero-order valence-electron chi connectivity index (χ0n) is 8.89. The summed E-state index contributed by atoms with van der Waals surface area (Å²) in [5.41, 5.74) is 8.02. The highest BCUT2D eigenvalue weighted by Gasteiger charge is 2.22. The highest BCUT2D eigenvalue weighted by atomic mass is 35.5. The van der Waals surface area contributed by atoms with Gasteiger partial charge >= 0.3 is 0 Å². The third-order valence-corrected chi connectivity index (χ3v) is 2.98. The molecule has 88 valence electrons. The molecule has 1 aliphatic rings. The zero-order chi connectivity index (χ0) is 10.8. The number of nitro benzene ring substituents is 1. The predicted octanol–water partition coefficient (Wildman–Crippen LogP) is 2.74. The van der Waals surface area contributed by atoms with Crippen LogP contribution >= 0.6 is 12.4 Å². The van der Waals surface area contributed by atoms with Crippen LogP contribution in [0.15, 0.2) is 18.2 Å². The van der Waals surface area contributed by atoms with Gasteiger partial charge in [0.25, 0.3) is 5.69 Å². The fourth-order valence-corrected chi connectivity index (χ4v) is 2.20. The third kappa shape index (κ3) is 2.33. The molecule has 0 fully saturated rings. The molecule has 2 rings (SSSR count). The molecule has 16 heavy (non-hydrogen) atoms. The van der Waals surface area contributed by atoms with Crippen molar-refractivity contribution in [2.45, 2.75) is 31.7 Å². The first-order valence-corrected chi connectivity index (χ1v) is 5.22. The van der Waals surface area contributed by atoms with E-state index < -0.39 is 0 Å². The van der Waals surface area contributed by atoms with E-state index in [9.17, 15) is 10.1 Å². The minimum Gasteiger partial charge on any atom is -0.324 e. The van der Waals surface area contributed by atoms with Crippen LogP contribution in [-0.2, 0) is 6.42 Å². The number of hydrogen-bond acceptors (Lipinski definition) is 3. The maximum atomic E-state index is 10.9. The summed E-state index contributed by atoms with van der Waals surface area (Å²) in [7, 11) is 0. The lowest BCUT2D eigenvalue weighted by Gasteiger charge is -2.11. The third-order valence-electron chi connectivity index (χ3n) is 2.98. The fraction of sp³-hybridized carbons (Fsp3) is 0.455. The van der Waals surface area contributed by atoms with Crippen molar-refractivity contribution in [2.75, 3.05) is 0 Å². The monoisotopic (exact) mass is 242 g/mol. The Hall–Kier alpha value is -1.13. The van der Waals surface area contributed by atoms with Gasteiger partial charge in [0.1, 0.15) is 0 Å². The minimum absolute atomic E-state index is 0. The molecule has 0 spiro atoms. The Morgan fingerprint density at radius 3 is 2.81 bits per heavy atom. The summed E-state index contributed by atoms with van der Waals surface area (Å²) in [4.78, 5) is 10.5. The molecule has 2 N–H and O–H groups in total. The van der Waals surface area contributed by atoms with Crippen molar-refractivity contribution >= 4 is 18.1 Å². The van der Waals surface area contributed by atoms with E-state index in [1.807, 2.05) is 6.07 Å². The van der Waals surface area contributed by atoms with E-state index in [2.05, 4.69) is 0 Å². The molecular weight excluding hydrogens is 228 g/mol. The maximum absolute atomic E-state index is 10.9. The van der Waals surface area contributed by atoms with Crippen LogP contribution in [0.3, 0.4) is 0 Å². The van der Waals surface area contributed by atoms with Gasteiger partial charge in [0.2, 0.25) is 0 Å². The van der Waals surface area contributed by atoms with Gasteiger partial charge in [-0.05, 0) is 24.8 Å². The molecule has 4 nitrogen and oxygen atoms in total. The lowest BCUT2D eigenvalue weighted by atomic mass is 9.98. The molecule has 1 aliphatic carbocycles. The number of hydrogen-bond donors (Lipinski definition) is 1. The van der Waals surface area contributed by atoms with Gasteiger partial charge in [-0.2, -0.15) is 0 Å². The second-order valence-corrected chi connectivity index (χ2v) is 3.95. The van der Waals surface area contributed by atoms with E-state index in [1.165, 1.54) is 0 Å². The molecule has 0 aromatic heterocycles. The number of nitrogens with two attached hydrogens (primary N) is 1. The summed E-state index contributed by atoms with van der Waals surface area (Å²) < 4.78 is 0. The highest BCUT2D eigenvalue weighted by Crippen LogP contribution is 2.32. The molecule has 5 heteroatoms. The Bertz CT molecular complexity index is 396. The van der Waals surface area contributed by atoms with E-state index in [0.29, 0.717) is 0 Å². The summed E-state index contributed by atoms with van der Waals surface area (Å²) in [6.07, 6.45) is 3.74. The molecule has 1 atom stereocenters. The summed E-state index contributed by atoms with van der Waals surface area (Å²) in [5, 5.41) is 10.9. The number of rotatable bonds is 1. The van der Waals surface area contributed by atoms with Gasteiger partial charge in [0.15, 0.2) is 0 Å². The molecule has 0 saturated carbocycles. The van der Waals surface area contributed by atoms with E-state index in [1.54, 1.807) is 12.1 Å². The van der Waals surface area contributed by atoms with E-state index in [4.69, 9.17) is 5.73 Å². The number of halogens is 1. The standard InChI is InChI=1S/C11H14N2O2.ClH/c12-10-6-2-1-4-9-8(10)5-3-7-11(9)13(14)15;/h3,5,7,10H,1-2,4,6,12H2;1H/t10-;/m1./s1. The number of benzene rings is 1. The largest absolute Gasteiger partial charge is 0.324 e. The maximum Gasteiger partial charge on any atom is 0.272 e. The molecule has 0 bridgehead atoms. The van der Waals surface area contributed by atoms with Crippen molar-refractivity contribution in [2.24, 2.45) is 5.73 Å². The molecule has 0 heterocycles. The Kier molecular flexibility index (Phi) is 4.26. The van der Waals surface area contributed by atoms with Crippen molar-refractivity contribution in [3.8, 4) is 0 Å². The highest BCUT2D eigenvalue weighted by molar-refractivity contribution is 5.85. The van der Waals surface area contributed by atoms with Gasteiger partial charge in [-0.1, -0.05) is 18.6 Å². The molecular formula is C11H15ClN2O2. The Morgan fingerprint density at radius 1 is 1.38 bits per heavy atom. The molecule has 1 aromatic carbocycles. The number of fused-ring (bicyclic) bond motifs is 1. The lowest BCUT2D eigenvalue weighted by Crippen LogP contribution is -2.11. The van der Waals surface area contributed by atoms with Crippen LogP contribution in [0.25, 0.3) is 0 Å². The topological polar surface area (TPSA) is 69.2 Å². The van der Waals surface area contributed by atoms with Gasteiger partial charge in [-0.15, -0.1) is 12.4 Å². The van der Waals surface area contributed by atoms with Crippen LogP contribution in [0, 0.1) is 10.1 Å². The average molecular weight is 243 g/mol. The second kappa shape index (κ2) is 5.27. The normalized spacial score (nSPS) is 19.2. The van der Waals surface area contributed by atoms with Crippen LogP contribution in [0.4, 0.5) is 5.69 Å². The van der Waals surface area contributed by atoms with Gasteiger partial charge < -0.3 is 5.73 Å². The van der Waals surface area contributed by atoms with Crippen LogP contribution < -0.4 is 5.73 Å². The Morgan fingerprint density at radius 2 is 2.12 bits per heavy atom. The first-order chi connectivity index (χ1) is 7.20. The Balaban J connectivity index is 0.00000128. The van der Waals surface area contributed by atoms with E-state index >= 15 is 0 Å². The smallest absolute Gasteiger partial charge is 0.272 e. The number of nitrogens with zero attached hydrogens (tertiary/aromatic N) is 1. The molecule has 0 amide bonds. The number of nitro groups is 1. The van der Waals surface area contributed by atoms with Crippen molar-refractivity contribution < 1.29 is 4.92 Å². The van der Waals surface area contributed by atoms with E-state index in [0.717, 1.165) is 36.8 Å². The van der Waals surface area contributed by atoms with Crippen molar-refractivity contribution in [1.82, 2.24) is 0 Å². The summed E-state index contributed by atoms with van der Waals surface area (Å²) in [5.74, 6) is 0. The van der Waals surface area contributed by atoms with Crippen molar-refractivity contribution in [3.63, 3.8) is 0 Å². The van der Waals surface area contributed by atoms with Crippen LogP contribution in [-0.4, -0.2) is 4.92 Å². The molecule has 1 aromatic rings.